The first-order valence-electron chi connectivity index (χ1n) is 8.60. The molecule has 2 rings (SSSR count). The number of carbonyl (C=O) groups excluding carboxylic acids is 2. The minimum atomic E-state index is -1.00. The predicted octanol–water partition coefficient (Wildman–Crippen LogP) is 4.76. The lowest BCUT2D eigenvalue weighted by molar-refractivity contribution is -0.453. The maximum Gasteiger partial charge on any atom is 0.543 e. The van der Waals surface area contributed by atoms with E-state index in [1.54, 1.807) is 24.3 Å². The van der Waals surface area contributed by atoms with Crippen LogP contribution in [0.3, 0.4) is 0 Å². The summed E-state index contributed by atoms with van der Waals surface area (Å²) in [5.74, 6) is -0.498. The number of ether oxygens (including phenoxy) is 1. The van der Waals surface area contributed by atoms with Gasteiger partial charge in [0.2, 0.25) is 0 Å². The number of hydrogen-bond acceptors (Lipinski definition) is 6. The Morgan fingerprint density at radius 3 is 2.28 bits per heavy atom. The van der Waals surface area contributed by atoms with Crippen LogP contribution < -0.4 is 0 Å². The third kappa shape index (κ3) is 5.74. The van der Waals surface area contributed by atoms with E-state index >= 15 is 0 Å². The number of benzene rings is 1. The molecular weight excluding hydrogens is 324 g/mol. The molecule has 6 nitrogen and oxygen atoms in total. The van der Waals surface area contributed by atoms with Gasteiger partial charge in [0.05, 0.1) is 10.6 Å². The lowest BCUT2D eigenvalue weighted by atomic mass is 9.71. The van der Waals surface area contributed by atoms with Crippen LogP contribution in [0.5, 0.6) is 0 Å². The molecule has 0 saturated heterocycles. The van der Waals surface area contributed by atoms with E-state index in [4.69, 9.17) is 4.74 Å². The molecule has 0 aromatic heterocycles. The van der Waals surface area contributed by atoms with Gasteiger partial charge in [-0.25, -0.2) is 14.5 Å². The molecule has 0 bridgehead atoms. The standard InChI is InChI=1S/C19H26O6/c1-13-9-11-14(12-10-13)17(20)23-25-24-18(21)22-16-8-6-5-7-15(16)19(2,3)4/h9-12,15-16H,5-8H2,1-4H3. The molecule has 138 valence electrons. The fourth-order valence-electron chi connectivity index (χ4n) is 3.19. The largest absolute Gasteiger partial charge is 0.543 e. The molecule has 0 amide bonds. The van der Waals surface area contributed by atoms with Crippen LogP contribution in [0.2, 0.25) is 0 Å². The van der Waals surface area contributed by atoms with Gasteiger partial charge in [0, 0.05) is 5.92 Å². The summed E-state index contributed by atoms with van der Waals surface area (Å²) in [5, 5.41) is 4.28. The molecule has 1 fully saturated rings. The summed E-state index contributed by atoms with van der Waals surface area (Å²) in [4.78, 5) is 32.4. The second-order valence-electron chi connectivity index (χ2n) is 7.55. The lowest BCUT2D eigenvalue weighted by Gasteiger charge is -2.39. The smallest absolute Gasteiger partial charge is 0.429 e. The first-order valence-corrected chi connectivity index (χ1v) is 8.60. The van der Waals surface area contributed by atoms with Crippen molar-refractivity contribution in [3.05, 3.63) is 35.4 Å². The van der Waals surface area contributed by atoms with Crippen molar-refractivity contribution in [2.24, 2.45) is 11.3 Å². The maximum absolute atomic E-state index is 11.8. The molecule has 0 spiro atoms. The van der Waals surface area contributed by atoms with Crippen molar-refractivity contribution in [2.45, 2.75) is 59.5 Å². The Labute approximate surface area is 148 Å². The molecular formula is C19H26O6. The zero-order chi connectivity index (χ0) is 18.4. The van der Waals surface area contributed by atoms with E-state index < -0.39 is 12.1 Å². The van der Waals surface area contributed by atoms with Gasteiger partial charge in [0.15, 0.2) is 0 Å². The van der Waals surface area contributed by atoms with Gasteiger partial charge in [-0.15, -0.1) is 0 Å². The Morgan fingerprint density at radius 1 is 1.00 bits per heavy atom. The first kappa shape index (κ1) is 19.2. The van der Waals surface area contributed by atoms with Gasteiger partial charge >= 0.3 is 12.1 Å². The summed E-state index contributed by atoms with van der Waals surface area (Å²) in [6.07, 6.45) is 2.70. The van der Waals surface area contributed by atoms with Crippen LogP contribution in [-0.2, 0) is 19.6 Å². The van der Waals surface area contributed by atoms with Crippen LogP contribution in [0.1, 0.15) is 62.4 Å². The number of carbonyl (C=O) groups is 2. The second kappa shape index (κ2) is 8.34. The Balaban J connectivity index is 1.78. The van der Waals surface area contributed by atoms with E-state index in [1.807, 2.05) is 6.92 Å². The summed E-state index contributed by atoms with van der Waals surface area (Å²) in [6.45, 7) is 8.29. The van der Waals surface area contributed by atoms with Crippen LogP contribution in [0.15, 0.2) is 24.3 Å². The summed E-state index contributed by atoms with van der Waals surface area (Å²) in [5.41, 5.74) is 1.34. The van der Waals surface area contributed by atoms with Crippen LogP contribution in [0.25, 0.3) is 0 Å². The molecule has 1 aliphatic rings. The zero-order valence-corrected chi connectivity index (χ0v) is 15.2. The molecule has 25 heavy (non-hydrogen) atoms. The van der Waals surface area contributed by atoms with Crippen molar-refractivity contribution >= 4 is 12.1 Å². The Kier molecular flexibility index (Phi) is 6.42. The molecule has 2 atom stereocenters. The highest BCUT2D eigenvalue weighted by molar-refractivity contribution is 5.88. The first-order chi connectivity index (χ1) is 11.8. The SMILES string of the molecule is Cc1ccc(C(=O)OOOC(=O)OC2CCCCC2C(C)(C)C)cc1. The minimum absolute atomic E-state index is 0.0319. The van der Waals surface area contributed by atoms with E-state index in [0.717, 1.165) is 31.2 Å². The average Bonchev–Trinajstić information content (AvgIpc) is 2.55. The fraction of sp³-hybridized carbons (Fsp3) is 0.579. The van der Waals surface area contributed by atoms with Crippen molar-refractivity contribution in [3.8, 4) is 0 Å². The highest BCUT2D eigenvalue weighted by Gasteiger charge is 2.37. The van der Waals surface area contributed by atoms with Crippen LogP contribution >= 0.6 is 0 Å². The van der Waals surface area contributed by atoms with Gasteiger partial charge in [0.25, 0.3) is 0 Å². The van der Waals surface area contributed by atoms with Gasteiger partial charge in [-0.1, -0.05) is 44.9 Å². The zero-order valence-electron chi connectivity index (χ0n) is 15.2. The Morgan fingerprint density at radius 2 is 1.64 bits per heavy atom. The molecule has 1 aromatic rings. The maximum atomic E-state index is 11.8. The van der Waals surface area contributed by atoms with E-state index in [2.05, 4.69) is 35.6 Å². The molecule has 2 unspecified atom stereocenters. The molecule has 0 heterocycles. The van der Waals surface area contributed by atoms with Crippen molar-refractivity contribution in [1.82, 2.24) is 0 Å². The van der Waals surface area contributed by atoms with Crippen molar-refractivity contribution in [3.63, 3.8) is 0 Å². The monoisotopic (exact) mass is 350 g/mol. The Bertz CT molecular complexity index is 587. The highest BCUT2D eigenvalue weighted by Crippen LogP contribution is 2.39. The predicted molar refractivity (Wildman–Crippen MR) is 90.4 cm³/mol. The molecule has 1 aromatic carbocycles. The third-order valence-electron chi connectivity index (χ3n) is 4.56. The number of hydrogen-bond donors (Lipinski definition) is 0. The topological polar surface area (TPSA) is 71.1 Å². The van der Waals surface area contributed by atoms with E-state index in [-0.39, 0.29) is 17.4 Å². The van der Waals surface area contributed by atoms with Gasteiger partial charge in [0.1, 0.15) is 6.10 Å². The minimum Gasteiger partial charge on any atom is -0.429 e. The molecule has 1 aliphatic carbocycles. The van der Waals surface area contributed by atoms with Gasteiger partial charge < -0.3 is 4.74 Å². The summed E-state index contributed by atoms with van der Waals surface area (Å²) < 4.78 is 5.36. The van der Waals surface area contributed by atoms with E-state index in [0.29, 0.717) is 5.56 Å². The summed E-state index contributed by atoms with van der Waals surface area (Å²) in [7, 11) is 0. The van der Waals surface area contributed by atoms with Crippen molar-refractivity contribution in [1.29, 1.82) is 0 Å². The van der Waals surface area contributed by atoms with Gasteiger partial charge in [-0.2, -0.15) is 0 Å². The lowest BCUT2D eigenvalue weighted by Crippen LogP contribution is -2.38. The quantitative estimate of drug-likeness (QED) is 0.443. The molecule has 0 radical (unpaired) electrons. The van der Waals surface area contributed by atoms with E-state index in [9.17, 15) is 9.59 Å². The highest BCUT2D eigenvalue weighted by atomic mass is 17.5. The van der Waals surface area contributed by atoms with E-state index in [1.165, 1.54) is 0 Å². The third-order valence-corrected chi connectivity index (χ3v) is 4.56. The second-order valence-corrected chi connectivity index (χ2v) is 7.55. The Hall–Kier alpha value is -2.08. The van der Waals surface area contributed by atoms with Gasteiger partial charge in [-0.3, -0.25) is 4.89 Å². The summed E-state index contributed by atoms with van der Waals surface area (Å²) in [6, 6.07) is 6.72. The average molecular weight is 350 g/mol. The molecule has 1 saturated carbocycles. The van der Waals surface area contributed by atoms with Crippen LogP contribution in [0, 0.1) is 18.3 Å². The normalized spacial score (nSPS) is 20.6. The number of rotatable bonds is 4. The molecule has 0 N–H and O–H groups in total. The van der Waals surface area contributed by atoms with Crippen molar-refractivity contribution < 1.29 is 29.1 Å². The molecule has 0 aliphatic heterocycles. The number of aryl methyl sites for hydroxylation is 1. The van der Waals surface area contributed by atoms with Crippen LogP contribution in [-0.4, -0.2) is 18.2 Å². The summed E-state index contributed by atoms with van der Waals surface area (Å²) >= 11 is 0. The molecule has 6 heteroatoms. The van der Waals surface area contributed by atoms with Crippen molar-refractivity contribution in [2.75, 3.05) is 0 Å². The van der Waals surface area contributed by atoms with Crippen LogP contribution in [0.4, 0.5) is 4.79 Å². The van der Waals surface area contributed by atoms with Gasteiger partial charge in [-0.05, 0) is 43.7 Å². The fourth-order valence-corrected chi connectivity index (χ4v) is 3.19.